The molecule has 0 fully saturated rings. The Bertz CT molecular complexity index is 999. The summed E-state index contributed by atoms with van der Waals surface area (Å²) in [5.74, 6) is 0. The van der Waals surface area contributed by atoms with E-state index in [9.17, 15) is 0 Å². The van der Waals surface area contributed by atoms with E-state index < -0.39 is 0 Å². The lowest BCUT2D eigenvalue weighted by atomic mass is 10.0. The fourth-order valence-electron chi connectivity index (χ4n) is 2.72. The maximum Gasteiger partial charge on any atom is 0.0980 e. The smallest absolute Gasteiger partial charge is 0.0980 e. The monoisotopic (exact) mass is 343 g/mol. The summed E-state index contributed by atoms with van der Waals surface area (Å²) in [5, 5.41) is 0.722. The van der Waals surface area contributed by atoms with Crippen molar-refractivity contribution in [1.29, 1.82) is 0 Å². The third-order valence-electron chi connectivity index (χ3n) is 3.93. The standard InChI is InChI=1S/C21H14ClN3/c22-17-8-6-15(7-9-17)16-10-13-24-20(14-16)21-18(4-3-12-25-21)19-5-1-2-11-23-19/h1-14H. The molecule has 3 aromatic heterocycles. The SMILES string of the molecule is Clc1ccc(-c2ccnc(-c3ncccc3-c3ccccn3)c2)cc1. The number of benzene rings is 1. The molecule has 0 atom stereocenters. The van der Waals surface area contributed by atoms with E-state index >= 15 is 0 Å². The van der Waals surface area contributed by atoms with Crippen LogP contribution in [0.1, 0.15) is 0 Å². The van der Waals surface area contributed by atoms with Crippen LogP contribution in [0, 0.1) is 0 Å². The number of hydrogen-bond acceptors (Lipinski definition) is 3. The van der Waals surface area contributed by atoms with E-state index in [4.69, 9.17) is 11.6 Å². The zero-order valence-corrected chi connectivity index (χ0v) is 14.1. The van der Waals surface area contributed by atoms with Gasteiger partial charge in [-0.1, -0.05) is 29.8 Å². The Morgan fingerprint density at radius 1 is 0.600 bits per heavy atom. The summed E-state index contributed by atoms with van der Waals surface area (Å²) in [7, 11) is 0. The van der Waals surface area contributed by atoms with Crippen molar-refractivity contribution in [2.24, 2.45) is 0 Å². The molecule has 4 aromatic rings. The summed E-state index contributed by atoms with van der Waals surface area (Å²) < 4.78 is 0. The van der Waals surface area contributed by atoms with Gasteiger partial charge >= 0.3 is 0 Å². The fraction of sp³-hybridized carbons (Fsp3) is 0. The van der Waals surface area contributed by atoms with Crippen LogP contribution in [0.15, 0.2) is 85.3 Å². The summed E-state index contributed by atoms with van der Waals surface area (Å²) >= 11 is 5.99. The highest BCUT2D eigenvalue weighted by molar-refractivity contribution is 6.30. The van der Waals surface area contributed by atoms with Crippen LogP contribution in [-0.2, 0) is 0 Å². The number of halogens is 1. The first-order valence-electron chi connectivity index (χ1n) is 7.90. The molecule has 120 valence electrons. The van der Waals surface area contributed by atoms with Crippen LogP contribution in [0.4, 0.5) is 0 Å². The highest BCUT2D eigenvalue weighted by atomic mass is 35.5. The Morgan fingerprint density at radius 2 is 1.40 bits per heavy atom. The van der Waals surface area contributed by atoms with Gasteiger partial charge in [-0.3, -0.25) is 15.0 Å². The topological polar surface area (TPSA) is 38.7 Å². The molecule has 0 spiro atoms. The summed E-state index contributed by atoms with van der Waals surface area (Å²) in [6.07, 6.45) is 5.36. The second-order valence-electron chi connectivity index (χ2n) is 5.55. The maximum absolute atomic E-state index is 5.99. The molecule has 4 rings (SSSR count). The van der Waals surface area contributed by atoms with Gasteiger partial charge < -0.3 is 0 Å². The molecule has 0 aliphatic rings. The summed E-state index contributed by atoms with van der Waals surface area (Å²) in [6, 6.07) is 21.6. The zero-order chi connectivity index (χ0) is 17.1. The normalized spacial score (nSPS) is 10.6. The van der Waals surface area contributed by atoms with Gasteiger partial charge in [0.1, 0.15) is 0 Å². The van der Waals surface area contributed by atoms with Gasteiger partial charge in [0.25, 0.3) is 0 Å². The molecule has 25 heavy (non-hydrogen) atoms. The molecule has 3 nitrogen and oxygen atoms in total. The Kier molecular flexibility index (Phi) is 4.23. The van der Waals surface area contributed by atoms with Crippen LogP contribution in [0.5, 0.6) is 0 Å². The fourth-order valence-corrected chi connectivity index (χ4v) is 2.85. The molecule has 0 amide bonds. The Hall–Kier alpha value is -3.04. The second kappa shape index (κ2) is 6.83. The van der Waals surface area contributed by atoms with Gasteiger partial charge in [0.2, 0.25) is 0 Å². The number of rotatable bonds is 3. The molecule has 0 saturated carbocycles. The molecule has 0 radical (unpaired) electrons. The highest BCUT2D eigenvalue weighted by Crippen LogP contribution is 2.30. The largest absolute Gasteiger partial charge is 0.256 e. The van der Waals surface area contributed by atoms with E-state index in [0.717, 1.165) is 38.8 Å². The molecule has 0 aliphatic carbocycles. The predicted octanol–water partition coefficient (Wildman–Crippen LogP) is 5.53. The van der Waals surface area contributed by atoms with Crippen LogP contribution in [0.2, 0.25) is 5.02 Å². The Balaban J connectivity index is 1.81. The molecule has 0 N–H and O–H groups in total. The van der Waals surface area contributed by atoms with Crippen molar-refractivity contribution in [2.75, 3.05) is 0 Å². The summed E-state index contributed by atoms with van der Waals surface area (Å²) in [6.45, 7) is 0. The molecule has 0 aliphatic heterocycles. The highest BCUT2D eigenvalue weighted by Gasteiger charge is 2.11. The molecule has 1 aromatic carbocycles. The Morgan fingerprint density at radius 3 is 2.20 bits per heavy atom. The molecular weight excluding hydrogens is 330 g/mol. The van der Waals surface area contributed by atoms with Crippen LogP contribution >= 0.6 is 11.6 Å². The minimum Gasteiger partial charge on any atom is -0.256 e. The van der Waals surface area contributed by atoms with E-state index in [1.165, 1.54) is 0 Å². The van der Waals surface area contributed by atoms with Gasteiger partial charge in [0.15, 0.2) is 0 Å². The quantitative estimate of drug-likeness (QED) is 0.491. The van der Waals surface area contributed by atoms with E-state index in [1.54, 1.807) is 18.6 Å². The lowest BCUT2D eigenvalue weighted by molar-refractivity contribution is 1.23. The van der Waals surface area contributed by atoms with E-state index in [-0.39, 0.29) is 0 Å². The first-order chi connectivity index (χ1) is 12.3. The van der Waals surface area contributed by atoms with Gasteiger partial charge in [-0.05, 0) is 59.7 Å². The first-order valence-corrected chi connectivity index (χ1v) is 8.28. The van der Waals surface area contributed by atoms with Crippen molar-refractivity contribution in [1.82, 2.24) is 15.0 Å². The Labute approximate surface area is 151 Å². The third kappa shape index (κ3) is 3.28. The summed E-state index contributed by atoms with van der Waals surface area (Å²) in [4.78, 5) is 13.5. The number of nitrogens with zero attached hydrogens (tertiary/aromatic N) is 3. The van der Waals surface area contributed by atoms with Crippen molar-refractivity contribution in [3.63, 3.8) is 0 Å². The molecule has 4 heteroatoms. The lowest BCUT2D eigenvalue weighted by Gasteiger charge is -2.09. The van der Waals surface area contributed by atoms with Crippen molar-refractivity contribution in [3.8, 4) is 33.8 Å². The van der Waals surface area contributed by atoms with Crippen molar-refractivity contribution >= 4 is 11.6 Å². The number of hydrogen-bond donors (Lipinski definition) is 0. The van der Waals surface area contributed by atoms with E-state index in [1.807, 2.05) is 66.7 Å². The molecule has 0 saturated heterocycles. The average Bonchev–Trinajstić information content (AvgIpc) is 2.69. The molecule has 0 unspecified atom stereocenters. The van der Waals surface area contributed by atoms with Gasteiger partial charge in [0, 0.05) is 29.2 Å². The van der Waals surface area contributed by atoms with Crippen LogP contribution in [0.3, 0.4) is 0 Å². The van der Waals surface area contributed by atoms with Crippen LogP contribution < -0.4 is 0 Å². The number of pyridine rings is 3. The third-order valence-corrected chi connectivity index (χ3v) is 4.18. The molecule has 3 heterocycles. The minimum atomic E-state index is 0.722. The maximum atomic E-state index is 5.99. The second-order valence-corrected chi connectivity index (χ2v) is 5.99. The summed E-state index contributed by atoms with van der Waals surface area (Å²) in [5.41, 5.74) is 5.63. The zero-order valence-electron chi connectivity index (χ0n) is 13.3. The van der Waals surface area contributed by atoms with Crippen molar-refractivity contribution in [3.05, 3.63) is 90.3 Å². The van der Waals surface area contributed by atoms with Crippen molar-refractivity contribution in [2.45, 2.75) is 0 Å². The van der Waals surface area contributed by atoms with E-state index in [0.29, 0.717) is 0 Å². The van der Waals surface area contributed by atoms with Crippen LogP contribution in [0.25, 0.3) is 33.8 Å². The van der Waals surface area contributed by atoms with Gasteiger partial charge in [-0.15, -0.1) is 0 Å². The first kappa shape index (κ1) is 15.5. The van der Waals surface area contributed by atoms with Gasteiger partial charge in [0.05, 0.1) is 17.1 Å². The number of aromatic nitrogens is 3. The predicted molar refractivity (Wildman–Crippen MR) is 101 cm³/mol. The van der Waals surface area contributed by atoms with Gasteiger partial charge in [-0.2, -0.15) is 0 Å². The molecule has 0 bridgehead atoms. The lowest BCUT2D eigenvalue weighted by Crippen LogP contribution is -1.93. The average molecular weight is 344 g/mol. The molecular formula is C21H14ClN3. The van der Waals surface area contributed by atoms with Gasteiger partial charge in [-0.25, -0.2) is 0 Å². The minimum absolute atomic E-state index is 0.722. The van der Waals surface area contributed by atoms with Crippen LogP contribution in [-0.4, -0.2) is 15.0 Å². The van der Waals surface area contributed by atoms with Crippen molar-refractivity contribution < 1.29 is 0 Å². The van der Waals surface area contributed by atoms with E-state index in [2.05, 4.69) is 15.0 Å².